The summed E-state index contributed by atoms with van der Waals surface area (Å²) in [4.78, 5) is 37.0. The number of carbonyl (C=O) groups excluding carboxylic acids is 2. The zero-order chi connectivity index (χ0) is 22.0. The number of nitrogens with one attached hydrogen (secondary N) is 1. The Hall–Kier alpha value is -2.81. The van der Waals surface area contributed by atoms with Crippen molar-refractivity contribution < 1.29 is 14.3 Å². The smallest absolute Gasteiger partial charge is 0.269 e. The van der Waals surface area contributed by atoms with Crippen molar-refractivity contribution in [2.75, 3.05) is 39.9 Å². The molecule has 0 aromatic carbocycles. The van der Waals surface area contributed by atoms with E-state index in [0.29, 0.717) is 48.9 Å². The van der Waals surface area contributed by atoms with E-state index in [2.05, 4.69) is 26.8 Å². The van der Waals surface area contributed by atoms with Gasteiger partial charge in [-0.2, -0.15) is 0 Å². The number of nitrogens with zero attached hydrogens (tertiary/aromatic N) is 4. The van der Waals surface area contributed by atoms with E-state index in [1.165, 1.54) is 6.08 Å². The highest BCUT2D eigenvalue weighted by Gasteiger charge is 2.37. The lowest BCUT2D eigenvalue weighted by Gasteiger charge is -2.47. The number of ether oxygens (including phenoxy) is 1. The van der Waals surface area contributed by atoms with Crippen molar-refractivity contribution in [1.82, 2.24) is 25.1 Å². The summed E-state index contributed by atoms with van der Waals surface area (Å²) in [5.41, 5.74) is 2.65. The van der Waals surface area contributed by atoms with Gasteiger partial charge in [0.2, 0.25) is 5.91 Å². The number of pyridine rings is 2. The average Bonchev–Trinajstić information content (AvgIpc) is 2.76. The third kappa shape index (κ3) is 4.46. The van der Waals surface area contributed by atoms with Crippen molar-refractivity contribution in [3.8, 4) is 11.3 Å². The fourth-order valence-electron chi connectivity index (χ4n) is 3.97. The van der Waals surface area contributed by atoms with Crippen LogP contribution in [-0.2, 0) is 9.53 Å². The molecule has 2 aromatic heterocycles. The minimum atomic E-state index is -0.272. The van der Waals surface area contributed by atoms with Crippen LogP contribution >= 0.6 is 11.6 Å². The second-order valence-corrected chi connectivity index (χ2v) is 7.94. The summed E-state index contributed by atoms with van der Waals surface area (Å²) in [5, 5.41) is 2.92. The van der Waals surface area contributed by atoms with Crippen LogP contribution in [0.5, 0.6) is 0 Å². The maximum atomic E-state index is 12.3. The van der Waals surface area contributed by atoms with Crippen LogP contribution in [0, 0.1) is 0 Å². The van der Waals surface area contributed by atoms with Crippen molar-refractivity contribution in [2.24, 2.45) is 0 Å². The Morgan fingerprint density at radius 3 is 2.77 bits per heavy atom. The molecule has 2 aliphatic heterocycles. The Morgan fingerprint density at radius 2 is 2.10 bits per heavy atom. The second kappa shape index (κ2) is 9.13. The summed E-state index contributed by atoms with van der Waals surface area (Å²) in [6.07, 6.45) is 2.92. The summed E-state index contributed by atoms with van der Waals surface area (Å²) in [6.45, 7) is 6.88. The molecule has 1 unspecified atom stereocenters. The van der Waals surface area contributed by atoms with Crippen LogP contribution in [0.15, 0.2) is 43.1 Å². The van der Waals surface area contributed by atoms with Gasteiger partial charge in [-0.15, -0.1) is 0 Å². The molecule has 1 atom stereocenters. The molecule has 0 spiro atoms. The molecule has 0 saturated carbocycles. The number of rotatable bonds is 5. The minimum absolute atomic E-state index is 0.0500. The molecule has 8 nitrogen and oxygen atoms in total. The van der Waals surface area contributed by atoms with Gasteiger partial charge in [0.15, 0.2) is 0 Å². The van der Waals surface area contributed by atoms with Gasteiger partial charge in [0.05, 0.1) is 31.0 Å². The van der Waals surface area contributed by atoms with Gasteiger partial charge in [0.25, 0.3) is 5.91 Å². The lowest BCUT2D eigenvalue weighted by Crippen LogP contribution is -2.58. The summed E-state index contributed by atoms with van der Waals surface area (Å²) in [6, 6.07) is 7.54. The molecule has 2 amide bonds. The van der Waals surface area contributed by atoms with Crippen molar-refractivity contribution in [2.45, 2.75) is 12.1 Å². The van der Waals surface area contributed by atoms with Crippen LogP contribution in [-0.4, -0.2) is 77.5 Å². The summed E-state index contributed by atoms with van der Waals surface area (Å²) in [5.74, 6) is -0.356. The third-order valence-corrected chi connectivity index (χ3v) is 5.91. The molecule has 0 bridgehead atoms. The van der Waals surface area contributed by atoms with Crippen LogP contribution in [0.2, 0.25) is 5.15 Å². The van der Waals surface area contributed by atoms with E-state index < -0.39 is 0 Å². The molecule has 0 radical (unpaired) electrons. The molecule has 9 heteroatoms. The van der Waals surface area contributed by atoms with Gasteiger partial charge in [-0.3, -0.25) is 19.5 Å². The third-order valence-electron chi connectivity index (χ3n) is 5.71. The minimum Gasteiger partial charge on any atom is -0.378 e. The van der Waals surface area contributed by atoms with Gasteiger partial charge in [-0.1, -0.05) is 18.2 Å². The average molecular weight is 442 g/mol. The molecular weight excluding hydrogens is 418 g/mol. The second-order valence-electron chi connectivity index (χ2n) is 7.55. The van der Waals surface area contributed by atoms with Crippen molar-refractivity contribution >= 4 is 23.4 Å². The van der Waals surface area contributed by atoms with Crippen LogP contribution in [0.25, 0.3) is 11.3 Å². The zero-order valence-electron chi connectivity index (χ0n) is 17.3. The number of hydrogen-bond acceptors (Lipinski definition) is 6. The van der Waals surface area contributed by atoms with Gasteiger partial charge >= 0.3 is 0 Å². The Kier molecular flexibility index (Phi) is 6.31. The van der Waals surface area contributed by atoms with Gasteiger partial charge in [0.1, 0.15) is 10.8 Å². The van der Waals surface area contributed by atoms with E-state index in [1.54, 1.807) is 30.3 Å². The Balaban J connectivity index is 1.70. The molecule has 2 aliphatic rings. The number of hydrogen-bond donors (Lipinski definition) is 1. The molecule has 2 saturated heterocycles. The number of piperazine rings is 1. The Bertz CT molecular complexity index is 1010. The lowest BCUT2D eigenvalue weighted by molar-refractivity contribution is -0.134. The Labute approximate surface area is 185 Å². The molecule has 2 fully saturated rings. The number of amides is 2. The Morgan fingerprint density at radius 1 is 1.29 bits per heavy atom. The molecule has 4 heterocycles. The predicted octanol–water partition coefficient (Wildman–Crippen LogP) is 1.93. The monoisotopic (exact) mass is 441 g/mol. The SMILES string of the molecule is C=CC(=O)N1CCN(C2COC2)C(c2cc(Cl)nc(-c3ccnc(C(=O)NC)c3)c2)C1. The highest BCUT2D eigenvalue weighted by molar-refractivity contribution is 6.29. The maximum absolute atomic E-state index is 12.3. The predicted molar refractivity (Wildman–Crippen MR) is 117 cm³/mol. The first-order valence-electron chi connectivity index (χ1n) is 10.1. The zero-order valence-corrected chi connectivity index (χ0v) is 18.0. The largest absolute Gasteiger partial charge is 0.378 e. The van der Waals surface area contributed by atoms with Crippen molar-refractivity contribution in [3.63, 3.8) is 0 Å². The summed E-state index contributed by atoms with van der Waals surface area (Å²) in [7, 11) is 1.56. The first-order valence-corrected chi connectivity index (χ1v) is 10.5. The fourth-order valence-corrected chi connectivity index (χ4v) is 4.19. The van der Waals surface area contributed by atoms with Crippen molar-refractivity contribution in [3.05, 3.63) is 59.5 Å². The lowest BCUT2D eigenvalue weighted by atomic mass is 9.98. The highest BCUT2D eigenvalue weighted by Crippen LogP contribution is 2.33. The highest BCUT2D eigenvalue weighted by atomic mass is 35.5. The van der Waals surface area contributed by atoms with E-state index in [4.69, 9.17) is 16.3 Å². The van der Waals surface area contributed by atoms with E-state index in [0.717, 1.165) is 17.7 Å². The molecule has 31 heavy (non-hydrogen) atoms. The molecule has 0 aliphatic carbocycles. The fraction of sp³-hybridized carbons (Fsp3) is 0.364. The molecular formula is C22H24ClN5O3. The number of aromatic nitrogens is 2. The molecule has 4 rings (SSSR count). The summed E-state index contributed by atoms with van der Waals surface area (Å²) >= 11 is 6.40. The first-order chi connectivity index (χ1) is 15.0. The van der Waals surface area contributed by atoms with Gasteiger partial charge in [-0.25, -0.2) is 4.98 Å². The van der Waals surface area contributed by atoms with Crippen LogP contribution in [0.1, 0.15) is 22.1 Å². The standard InChI is InChI=1S/C22H24ClN5O3/c1-3-21(29)27-6-7-28(16-12-31-13-16)19(11-27)15-9-17(26-20(23)10-15)14-4-5-25-18(8-14)22(30)24-2/h3-5,8-10,16,19H,1,6-7,11-13H2,2H3,(H,24,30). The molecule has 1 N–H and O–H groups in total. The van der Waals surface area contributed by atoms with Crippen LogP contribution in [0.4, 0.5) is 0 Å². The topological polar surface area (TPSA) is 87.7 Å². The molecule has 162 valence electrons. The van der Waals surface area contributed by atoms with E-state index in [9.17, 15) is 9.59 Å². The maximum Gasteiger partial charge on any atom is 0.269 e. The van der Waals surface area contributed by atoms with Gasteiger partial charge in [0, 0.05) is 38.4 Å². The van der Waals surface area contributed by atoms with E-state index in [-0.39, 0.29) is 17.9 Å². The number of carbonyl (C=O) groups is 2. The quantitative estimate of drug-likeness (QED) is 0.563. The summed E-state index contributed by atoms with van der Waals surface area (Å²) < 4.78 is 5.41. The van der Waals surface area contributed by atoms with Crippen LogP contribution in [0.3, 0.4) is 0 Å². The van der Waals surface area contributed by atoms with Gasteiger partial charge in [-0.05, 0) is 35.9 Å². The van der Waals surface area contributed by atoms with Gasteiger partial charge < -0.3 is 15.0 Å². The van der Waals surface area contributed by atoms with E-state index >= 15 is 0 Å². The van der Waals surface area contributed by atoms with Crippen molar-refractivity contribution in [1.29, 1.82) is 0 Å². The first kappa shape index (κ1) is 21.4. The van der Waals surface area contributed by atoms with Crippen LogP contribution < -0.4 is 5.32 Å². The van der Waals surface area contributed by atoms with E-state index in [1.807, 2.05) is 12.1 Å². The number of halogens is 1. The normalized spacial score (nSPS) is 19.5. The molecule has 2 aromatic rings.